The van der Waals surface area contributed by atoms with E-state index in [2.05, 4.69) is 23.6 Å². The van der Waals surface area contributed by atoms with E-state index in [1.807, 2.05) is 0 Å². The van der Waals surface area contributed by atoms with Gasteiger partial charge >= 0.3 is 0 Å². The SMILES string of the molecule is CCN1CCC(CN2CC3CC(C2)C3C)CC1. The highest BCUT2D eigenvalue weighted by Gasteiger charge is 2.43. The summed E-state index contributed by atoms with van der Waals surface area (Å²) in [7, 11) is 0. The first-order valence-corrected chi connectivity index (χ1v) is 7.71. The van der Waals surface area contributed by atoms with Gasteiger partial charge in [0.1, 0.15) is 0 Å². The third kappa shape index (κ3) is 2.39. The van der Waals surface area contributed by atoms with Crippen molar-refractivity contribution in [1.82, 2.24) is 9.80 Å². The van der Waals surface area contributed by atoms with Crippen LogP contribution in [0.4, 0.5) is 0 Å². The lowest BCUT2D eigenvalue weighted by atomic mass is 9.62. The molecular weight excluding hydrogens is 208 g/mol. The monoisotopic (exact) mass is 236 g/mol. The predicted molar refractivity (Wildman–Crippen MR) is 72.0 cm³/mol. The van der Waals surface area contributed by atoms with E-state index in [4.69, 9.17) is 0 Å². The highest BCUT2D eigenvalue weighted by molar-refractivity contribution is 4.95. The molecule has 2 atom stereocenters. The van der Waals surface area contributed by atoms with Gasteiger partial charge in [0.05, 0.1) is 0 Å². The molecule has 0 spiro atoms. The zero-order valence-corrected chi connectivity index (χ0v) is 11.6. The van der Waals surface area contributed by atoms with Gasteiger partial charge in [0.15, 0.2) is 0 Å². The maximum absolute atomic E-state index is 2.78. The van der Waals surface area contributed by atoms with E-state index in [1.54, 1.807) is 0 Å². The van der Waals surface area contributed by atoms with Crippen LogP contribution in [-0.2, 0) is 0 Å². The smallest absolute Gasteiger partial charge is 0.00127 e. The molecule has 3 saturated heterocycles. The van der Waals surface area contributed by atoms with Gasteiger partial charge in [-0.25, -0.2) is 0 Å². The molecule has 0 amide bonds. The van der Waals surface area contributed by atoms with Gasteiger partial charge in [-0.15, -0.1) is 0 Å². The fourth-order valence-corrected chi connectivity index (χ4v) is 4.23. The molecule has 17 heavy (non-hydrogen) atoms. The Balaban J connectivity index is 1.43. The molecule has 98 valence electrons. The van der Waals surface area contributed by atoms with Gasteiger partial charge in [-0.2, -0.15) is 0 Å². The molecule has 4 aliphatic rings. The number of hydrogen-bond donors (Lipinski definition) is 0. The fourth-order valence-electron chi connectivity index (χ4n) is 4.23. The van der Waals surface area contributed by atoms with Crippen LogP contribution >= 0.6 is 0 Å². The Kier molecular flexibility index (Phi) is 3.45. The van der Waals surface area contributed by atoms with Crippen LogP contribution in [0, 0.1) is 23.7 Å². The summed E-state index contributed by atoms with van der Waals surface area (Å²) in [5.41, 5.74) is 0. The van der Waals surface area contributed by atoms with E-state index >= 15 is 0 Å². The minimum absolute atomic E-state index is 0.991. The molecule has 1 aliphatic carbocycles. The Bertz CT molecular complexity index is 246. The Morgan fingerprint density at radius 1 is 1.00 bits per heavy atom. The normalized spacial score (nSPS) is 40.2. The van der Waals surface area contributed by atoms with Crippen molar-refractivity contribution in [3.8, 4) is 0 Å². The van der Waals surface area contributed by atoms with Crippen molar-refractivity contribution in [3.63, 3.8) is 0 Å². The Hall–Kier alpha value is -0.0800. The maximum atomic E-state index is 2.78. The minimum Gasteiger partial charge on any atom is -0.304 e. The molecule has 2 unspecified atom stereocenters. The second-order valence-electron chi connectivity index (χ2n) is 6.71. The molecule has 0 N–H and O–H groups in total. The largest absolute Gasteiger partial charge is 0.304 e. The highest BCUT2D eigenvalue weighted by atomic mass is 15.2. The van der Waals surface area contributed by atoms with Gasteiger partial charge in [-0.1, -0.05) is 13.8 Å². The van der Waals surface area contributed by atoms with Crippen LogP contribution in [0.1, 0.15) is 33.1 Å². The van der Waals surface area contributed by atoms with Crippen LogP contribution in [0.15, 0.2) is 0 Å². The first-order valence-electron chi connectivity index (χ1n) is 7.71. The van der Waals surface area contributed by atoms with Crippen molar-refractivity contribution >= 4 is 0 Å². The van der Waals surface area contributed by atoms with E-state index in [9.17, 15) is 0 Å². The molecule has 0 aromatic rings. The van der Waals surface area contributed by atoms with E-state index in [1.165, 1.54) is 58.5 Å². The van der Waals surface area contributed by atoms with Gasteiger partial charge in [0.2, 0.25) is 0 Å². The summed E-state index contributed by atoms with van der Waals surface area (Å²) < 4.78 is 0. The van der Waals surface area contributed by atoms with E-state index in [0.29, 0.717) is 0 Å². The van der Waals surface area contributed by atoms with Gasteiger partial charge < -0.3 is 9.80 Å². The van der Waals surface area contributed by atoms with Crippen LogP contribution < -0.4 is 0 Å². The fraction of sp³-hybridized carbons (Fsp3) is 1.00. The third-order valence-corrected chi connectivity index (χ3v) is 5.75. The minimum atomic E-state index is 0.991. The Morgan fingerprint density at radius 2 is 1.65 bits per heavy atom. The van der Waals surface area contributed by atoms with Crippen LogP contribution in [0.3, 0.4) is 0 Å². The Labute approximate surface area is 106 Å². The first-order chi connectivity index (χ1) is 8.26. The summed E-state index contributed by atoms with van der Waals surface area (Å²) in [4.78, 5) is 5.39. The van der Waals surface area contributed by atoms with Gasteiger partial charge in [-0.05, 0) is 62.6 Å². The third-order valence-electron chi connectivity index (χ3n) is 5.75. The summed E-state index contributed by atoms with van der Waals surface area (Å²) in [6, 6.07) is 0. The van der Waals surface area contributed by atoms with Crippen LogP contribution in [0.25, 0.3) is 0 Å². The Morgan fingerprint density at radius 3 is 2.18 bits per heavy atom. The molecule has 2 heteroatoms. The second-order valence-corrected chi connectivity index (χ2v) is 6.71. The molecular formula is C15H28N2. The van der Waals surface area contributed by atoms with Crippen molar-refractivity contribution in [1.29, 1.82) is 0 Å². The summed E-state index contributed by atoms with van der Waals surface area (Å²) in [6.45, 7) is 12.9. The molecule has 1 saturated carbocycles. The van der Waals surface area contributed by atoms with E-state index in [0.717, 1.165) is 23.7 Å². The van der Waals surface area contributed by atoms with Crippen molar-refractivity contribution in [3.05, 3.63) is 0 Å². The lowest BCUT2D eigenvalue weighted by molar-refractivity contribution is -0.0417. The molecule has 0 aromatic heterocycles. The summed E-state index contributed by atoms with van der Waals surface area (Å²) >= 11 is 0. The van der Waals surface area contributed by atoms with Gasteiger partial charge in [0, 0.05) is 19.6 Å². The molecule has 4 rings (SSSR count). The quantitative estimate of drug-likeness (QED) is 0.742. The highest BCUT2D eigenvalue weighted by Crippen LogP contribution is 2.45. The van der Waals surface area contributed by atoms with E-state index in [-0.39, 0.29) is 0 Å². The van der Waals surface area contributed by atoms with Gasteiger partial charge in [-0.3, -0.25) is 0 Å². The number of piperidine rings is 3. The van der Waals surface area contributed by atoms with Crippen LogP contribution in [0.5, 0.6) is 0 Å². The molecule has 2 bridgehead atoms. The molecule has 0 aromatic carbocycles. The zero-order chi connectivity index (χ0) is 11.8. The average Bonchev–Trinajstić information content (AvgIpc) is 2.39. The number of fused-ring (bicyclic) bond motifs is 2. The van der Waals surface area contributed by atoms with Crippen LogP contribution in [-0.4, -0.2) is 49.1 Å². The molecule has 0 radical (unpaired) electrons. The zero-order valence-electron chi connectivity index (χ0n) is 11.6. The van der Waals surface area contributed by atoms with Crippen molar-refractivity contribution < 1.29 is 0 Å². The molecule has 3 aliphatic heterocycles. The van der Waals surface area contributed by atoms with E-state index < -0.39 is 0 Å². The van der Waals surface area contributed by atoms with Gasteiger partial charge in [0.25, 0.3) is 0 Å². The van der Waals surface area contributed by atoms with Crippen molar-refractivity contribution in [2.75, 3.05) is 39.3 Å². The summed E-state index contributed by atoms with van der Waals surface area (Å²) in [6.07, 6.45) is 4.41. The maximum Gasteiger partial charge on any atom is 0.00127 e. The van der Waals surface area contributed by atoms with Crippen molar-refractivity contribution in [2.45, 2.75) is 33.1 Å². The lowest BCUT2D eigenvalue weighted by Gasteiger charge is -2.53. The summed E-state index contributed by atoms with van der Waals surface area (Å²) in [5, 5.41) is 0. The first kappa shape index (κ1) is 12.0. The van der Waals surface area contributed by atoms with Crippen LogP contribution in [0.2, 0.25) is 0 Å². The number of nitrogens with zero attached hydrogens (tertiary/aromatic N) is 2. The predicted octanol–water partition coefficient (Wildman–Crippen LogP) is 2.31. The number of rotatable bonds is 3. The lowest BCUT2D eigenvalue weighted by Crippen LogP contribution is -2.55. The number of hydrogen-bond acceptors (Lipinski definition) is 2. The molecule has 2 nitrogen and oxygen atoms in total. The number of likely N-dealkylation sites (tertiary alicyclic amines) is 1. The standard InChI is InChI=1S/C15H28N2/c1-3-16-6-4-13(5-7-16)9-17-10-14-8-15(11-17)12(14)2/h12-15H,3-11H2,1-2H3. The summed E-state index contributed by atoms with van der Waals surface area (Å²) in [5.74, 6) is 4.12. The topological polar surface area (TPSA) is 6.48 Å². The molecule has 4 fully saturated rings. The van der Waals surface area contributed by atoms with Crippen molar-refractivity contribution in [2.24, 2.45) is 23.7 Å². The molecule has 3 heterocycles. The average molecular weight is 236 g/mol. The second kappa shape index (κ2) is 4.89.